The maximum Gasteiger partial charge on any atom is 0.201 e. The van der Waals surface area contributed by atoms with E-state index in [1.54, 1.807) is 16.9 Å². The highest BCUT2D eigenvalue weighted by Gasteiger charge is 2.04. The van der Waals surface area contributed by atoms with Crippen molar-refractivity contribution in [3.8, 4) is 0 Å². The van der Waals surface area contributed by atoms with Crippen molar-refractivity contribution in [1.82, 2.24) is 19.7 Å². The van der Waals surface area contributed by atoms with Crippen LogP contribution >= 0.6 is 0 Å². The Morgan fingerprint density at radius 3 is 3.06 bits per heavy atom. The van der Waals surface area contributed by atoms with Gasteiger partial charge in [-0.3, -0.25) is 4.68 Å². The molecule has 3 aromatic rings. The summed E-state index contributed by atoms with van der Waals surface area (Å²) in [6, 6.07) is 6.40. The fraction of sp³-hybridized carbons (Fsp3) is 0.167. The molecule has 0 fully saturated rings. The van der Waals surface area contributed by atoms with Crippen molar-refractivity contribution in [3.05, 3.63) is 42.0 Å². The fourth-order valence-electron chi connectivity index (χ4n) is 1.81. The molecule has 0 atom stereocenters. The van der Waals surface area contributed by atoms with Gasteiger partial charge < -0.3 is 10.3 Å². The number of rotatable bonds is 3. The zero-order valence-electron chi connectivity index (χ0n) is 9.81. The fourth-order valence-corrected chi connectivity index (χ4v) is 1.81. The molecular formula is C12H12FN5. The topological polar surface area (TPSA) is 58.5 Å². The molecule has 18 heavy (non-hydrogen) atoms. The van der Waals surface area contributed by atoms with Crippen molar-refractivity contribution >= 4 is 17.0 Å². The van der Waals surface area contributed by atoms with Crippen LogP contribution < -0.4 is 5.32 Å². The van der Waals surface area contributed by atoms with E-state index in [9.17, 15) is 4.39 Å². The predicted octanol–water partition coefficient (Wildman–Crippen LogP) is 2.05. The lowest BCUT2D eigenvalue weighted by atomic mass is 10.3. The summed E-state index contributed by atoms with van der Waals surface area (Å²) in [5.74, 6) is 0.348. The number of aryl methyl sites for hydroxylation is 1. The molecule has 0 saturated heterocycles. The Labute approximate surface area is 103 Å². The van der Waals surface area contributed by atoms with Crippen LogP contribution in [0.2, 0.25) is 0 Å². The summed E-state index contributed by atoms with van der Waals surface area (Å²) in [5, 5.41) is 7.23. The summed E-state index contributed by atoms with van der Waals surface area (Å²) in [4.78, 5) is 7.35. The number of nitrogens with zero attached hydrogens (tertiary/aromatic N) is 3. The minimum atomic E-state index is -0.274. The van der Waals surface area contributed by atoms with E-state index >= 15 is 0 Å². The van der Waals surface area contributed by atoms with Crippen LogP contribution in [0.3, 0.4) is 0 Å². The number of halogens is 1. The van der Waals surface area contributed by atoms with Crippen molar-refractivity contribution in [2.24, 2.45) is 7.05 Å². The Morgan fingerprint density at radius 2 is 2.28 bits per heavy atom. The van der Waals surface area contributed by atoms with E-state index in [0.717, 1.165) is 11.2 Å². The Kier molecular flexibility index (Phi) is 2.47. The molecule has 0 bridgehead atoms. The van der Waals surface area contributed by atoms with E-state index in [4.69, 9.17) is 0 Å². The zero-order chi connectivity index (χ0) is 12.5. The summed E-state index contributed by atoms with van der Waals surface area (Å²) in [6.45, 7) is 0.610. The first-order valence-corrected chi connectivity index (χ1v) is 5.58. The average molecular weight is 245 g/mol. The lowest BCUT2D eigenvalue weighted by Gasteiger charge is -2.02. The van der Waals surface area contributed by atoms with Crippen molar-refractivity contribution in [1.29, 1.82) is 0 Å². The SMILES string of the molecule is Cn1nccc1CNc1nc2ccc(F)cc2[nH]1. The van der Waals surface area contributed by atoms with E-state index in [0.29, 0.717) is 18.0 Å². The van der Waals surface area contributed by atoms with Gasteiger partial charge in [0.05, 0.1) is 23.3 Å². The number of aromatic amines is 1. The normalized spacial score (nSPS) is 11.0. The van der Waals surface area contributed by atoms with E-state index in [1.165, 1.54) is 12.1 Å². The number of H-pyrrole nitrogens is 1. The van der Waals surface area contributed by atoms with E-state index in [1.807, 2.05) is 13.1 Å². The second-order valence-corrected chi connectivity index (χ2v) is 4.05. The van der Waals surface area contributed by atoms with Crippen molar-refractivity contribution in [2.45, 2.75) is 6.54 Å². The first-order valence-electron chi connectivity index (χ1n) is 5.58. The summed E-state index contributed by atoms with van der Waals surface area (Å²) < 4.78 is 14.8. The van der Waals surface area contributed by atoms with Gasteiger partial charge in [0.25, 0.3) is 0 Å². The number of anilines is 1. The molecule has 2 aromatic heterocycles. The molecule has 0 amide bonds. The van der Waals surface area contributed by atoms with Gasteiger partial charge in [-0.2, -0.15) is 5.10 Å². The number of hydrogen-bond acceptors (Lipinski definition) is 3. The number of fused-ring (bicyclic) bond motifs is 1. The van der Waals surface area contributed by atoms with Crippen molar-refractivity contribution in [2.75, 3.05) is 5.32 Å². The summed E-state index contributed by atoms with van der Waals surface area (Å²) >= 11 is 0. The van der Waals surface area contributed by atoms with E-state index in [2.05, 4.69) is 20.4 Å². The smallest absolute Gasteiger partial charge is 0.201 e. The summed E-state index contributed by atoms with van der Waals surface area (Å²) in [6.07, 6.45) is 1.74. The highest BCUT2D eigenvalue weighted by atomic mass is 19.1. The summed E-state index contributed by atoms with van der Waals surface area (Å²) in [7, 11) is 1.88. The lowest BCUT2D eigenvalue weighted by molar-refractivity contribution is 0.629. The molecule has 6 heteroatoms. The standard InChI is InChI=1S/C12H12FN5/c1-18-9(4-5-15-18)7-14-12-16-10-3-2-8(13)6-11(10)17-12/h2-6H,7H2,1H3,(H2,14,16,17). The lowest BCUT2D eigenvalue weighted by Crippen LogP contribution is -2.06. The van der Waals surface area contributed by atoms with Gasteiger partial charge in [-0.05, 0) is 24.3 Å². The second-order valence-electron chi connectivity index (χ2n) is 4.05. The van der Waals surface area contributed by atoms with Gasteiger partial charge in [0, 0.05) is 13.2 Å². The van der Waals surface area contributed by atoms with Gasteiger partial charge in [0.1, 0.15) is 5.82 Å². The third-order valence-electron chi connectivity index (χ3n) is 2.80. The maximum atomic E-state index is 13.0. The maximum absolute atomic E-state index is 13.0. The quantitative estimate of drug-likeness (QED) is 0.742. The van der Waals surface area contributed by atoms with Gasteiger partial charge in [-0.1, -0.05) is 0 Å². The molecule has 0 spiro atoms. The number of aromatic nitrogens is 4. The molecule has 0 aliphatic rings. The number of nitrogens with one attached hydrogen (secondary N) is 2. The van der Waals surface area contributed by atoms with Crippen LogP contribution in [-0.2, 0) is 13.6 Å². The van der Waals surface area contributed by atoms with Crippen LogP contribution in [0.25, 0.3) is 11.0 Å². The van der Waals surface area contributed by atoms with Gasteiger partial charge >= 0.3 is 0 Å². The highest BCUT2D eigenvalue weighted by Crippen LogP contribution is 2.15. The molecule has 2 heterocycles. The highest BCUT2D eigenvalue weighted by molar-refractivity contribution is 5.77. The second kappa shape index (κ2) is 4.14. The predicted molar refractivity (Wildman–Crippen MR) is 66.6 cm³/mol. The third kappa shape index (κ3) is 1.92. The van der Waals surface area contributed by atoms with E-state index < -0.39 is 0 Å². The van der Waals surface area contributed by atoms with Crippen LogP contribution in [0, 0.1) is 5.82 Å². The van der Waals surface area contributed by atoms with Gasteiger partial charge in [-0.15, -0.1) is 0 Å². The van der Waals surface area contributed by atoms with Crippen LogP contribution in [0.15, 0.2) is 30.5 Å². The number of benzene rings is 1. The number of imidazole rings is 1. The van der Waals surface area contributed by atoms with Gasteiger partial charge in [-0.25, -0.2) is 9.37 Å². The van der Waals surface area contributed by atoms with Crippen LogP contribution in [0.1, 0.15) is 5.69 Å². The van der Waals surface area contributed by atoms with Gasteiger partial charge in [0.15, 0.2) is 0 Å². The molecule has 0 radical (unpaired) electrons. The van der Waals surface area contributed by atoms with E-state index in [-0.39, 0.29) is 5.82 Å². The monoisotopic (exact) mass is 245 g/mol. The molecule has 5 nitrogen and oxygen atoms in total. The largest absolute Gasteiger partial charge is 0.350 e. The minimum Gasteiger partial charge on any atom is -0.350 e. The molecule has 0 saturated carbocycles. The van der Waals surface area contributed by atoms with Gasteiger partial charge in [0.2, 0.25) is 5.95 Å². The Morgan fingerprint density at radius 1 is 1.39 bits per heavy atom. The zero-order valence-corrected chi connectivity index (χ0v) is 9.81. The molecule has 92 valence electrons. The van der Waals surface area contributed by atoms with Crippen LogP contribution in [0.5, 0.6) is 0 Å². The number of hydrogen-bond donors (Lipinski definition) is 2. The average Bonchev–Trinajstić information content (AvgIpc) is 2.92. The molecule has 0 unspecified atom stereocenters. The molecule has 3 rings (SSSR count). The van der Waals surface area contributed by atoms with Crippen LogP contribution in [-0.4, -0.2) is 19.7 Å². The molecular weight excluding hydrogens is 233 g/mol. The Hall–Kier alpha value is -2.37. The third-order valence-corrected chi connectivity index (χ3v) is 2.80. The molecule has 0 aliphatic carbocycles. The Bertz CT molecular complexity index is 685. The van der Waals surface area contributed by atoms with Crippen molar-refractivity contribution < 1.29 is 4.39 Å². The molecule has 0 aliphatic heterocycles. The molecule has 2 N–H and O–H groups in total. The minimum absolute atomic E-state index is 0.274. The first kappa shape index (κ1) is 10.8. The first-order chi connectivity index (χ1) is 8.72. The molecule has 1 aromatic carbocycles. The Balaban J connectivity index is 1.81. The van der Waals surface area contributed by atoms with Crippen LogP contribution in [0.4, 0.5) is 10.3 Å². The van der Waals surface area contributed by atoms with Crippen molar-refractivity contribution in [3.63, 3.8) is 0 Å². The summed E-state index contributed by atoms with van der Waals surface area (Å²) in [5.41, 5.74) is 2.47.